The molecule has 0 aliphatic heterocycles. The molecular weight excluding hydrogens is 374 g/mol. The summed E-state index contributed by atoms with van der Waals surface area (Å²) in [6.07, 6.45) is -0.181. The molecule has 7 heteroatoms. The van der Waals surface area contributed by atoms with Crippen LogP contribution in [0.15, 0.2) is 77.7 Å². The van der Waals surface area contributed by atoms with Crippen LogP contribution in [-0.2, 0) is 10.0 Å². The molecule has 0 saturated carbocycles. The topological polar surface area (TPSA) is 74.1 Å². The fourth-order valence-electron chi connectivity index (χ4n) is 2.99. The Morgan fingerprint density at radius 2 is 1.57 bits per heavy atom. The molecule has 0 amide bonds. The van der Waals surface area contributed by atoms with Crippen molar-refractivity contribution in [1.82, 2.24) is 14.2 Å². The maximum Gasteiger partial charge on any atom is 0.337 e. The van der Waals surface area contributed by atoms with Gasteiger partial charge in [0, 0.05) is 10.9 Å². The number of ether oxygens (including phenoxy) is 1. The van der Waals surface area contributed by atoms with E-state index in [0.717, 1.165) is 9.47 Å². The summed E-state index contributed by atoms with van der Waals surface area (Å²) in [7, 11) is -4.00. The molecule has 0 fully saturated rings. The second-order valence-corrected chi connectivity index (χ2v) is 8.31. The van der Waals surface area contributed by atoms with Gasteiger partial charge in [-0.15, -0.1) is 4.09 Å². The van der Waals surface area contributed by atoms with Crippen molar-refractivity contribution in [3.8, 4) is 17.4 Å². The molecule has 1 heterocycles. The number of hydrogen-bond donors (Lipinski definition) is 0. The van der Waals surface area contributed by atoms with Crippen LogP contribution in [0.3, 0.4) is 0 Å². The van der Waals surface area contributed by atoms with Crippen molar-refractivity contribution in [3.63, 3.8) is 0 Å². The largest absolute Gasteiger partial charge is 0.460 e. The van der Waals surface area contributed by atoms with Crippen LogP contribution in [0.5, 0.6) is 6.01 Å². The fourth-order valence-corrected chi connectivity index (χ4v) is 4.44. The molecule has 0 atom stereocenters. The Bertz CT molecular complexity index is 1230. The first kappa shape index (κ1) is 18.2. The van der Waals surface area contributed by atoms with Gasteiger partial charge in [-0.2, -0.15) is 13.4 Å². The highest BCUT2D eigenvalue weighted by Crippen LogP contribution is 2.29. The van der Waals surface area contributed by atoms with E-state index in [0.29, 0.717) is 10.9 Å². The molecule has 4 rings (SSSR count). The molecule has 0 N–H and O–H groups in total. The lowest BCUT2D eigenvalue weighted by Gasteiger charge is -2.10. The molecule has 4 aromatic rings. The third-order valence-corrected chi connectivity index (χ3v) is 5.81. The standard InChI is InChI=1S/C21H19N3O3S/c1-15(2)27-21-22-20(17-10-4-3-5-11-17)24(23-21)28(25,26)19-14-8-12-16-9-6-7-13-18(16)19/h3-15H,1-2H3. The minimum atomic E-state index is -4.00. The summed E-state index contributed by atoms with van der Waals surface area (Å²) >= 11 is 0. The summed E-state index contributed by atoms with van der Waals surface area (Å²) < 4.78 is 33.6. The van der Waals surface area contributed by atoms with Crippen LogP contribution in [0.1, 0.15) is 13.8 Å². The van der Waals surface area contributed by atoms with Gasteiger partial charge in [-0.1, -0.05) is 71.8 Å². The second kappa shape index (κ2) is 7.09. The molecule has 0 spiro atoms. The van der Waals surface area contributed by atoms with Gasteiger partial charge >= 0.3 is 6.01 Å². The van der Waals surface area contributed by atoms with Crippen LogP contribution < -0.4 is 4.74 Å². The van der Waals surface area contributed by atoms with Gasteiger partial charge in [0.05, 0.1) is 11.0 Å². The maximum absolute atomic E-state index is 13.5. The number of hydrogen-bond acceptors (Lipinski definition) is 5. The lowest BCUT2D eigenvalue weighted by Crippen LogP contribution is -2.17. The lowest BCUT2D eigenvalue weighted by atomic mass is 10.1. The Morgan fingerprint density at radius 3 is 2.32 bits per heavy atom. The number of aromatic nitrogens is 3. The molecule has 0 saturated heterocycles. The van der Waals surface area contributed by atoms with Gasteiger partial charge in [0.1, 0.15) is 0 Å². The number of nitrogens with zero attached hydrogens (tertiary/aromatic N) is 3. The van der Waals surface area contributed by atoms with Gasteiger partial charge in [0.25, 0.3) is 10.0 Å². The third-order valence-electron chi connectivity index (χ3n) is 4.19. The minimum Gasteiger partial charge on any atom is -0.460 e. The highest BCUT2D eigenvalue weighted by Gasteiger charge is 2.27. The Kier molecular flexibility index (Phi) is 4.60. The molecule has 1 aromatic heterocycles. The van der Waals surface area contributed by atoms with Gasteiger partial charge in [-0.05, 0) is 25.3 Å². The molecule has 28 heavy (non-hydrogen) atoms. The summed E-state index contributed by atoms with van der Waals surface area (Å²) in [5.74, 6) is 0.212. The molecule has 142 valence electrons. The van der Waals surface area contributed by atoms with E-state index in [1.807, 2.05) is 56.3 Å². The lowest BCUT2D eigenvalue weighted by molar-refractivity contribution is 0.222. The van der Waals surface area contributed by atoms with Crippen LogP contribution in [0.25, 0.3) is 22.2 Å². The van der Waals surface area contributed by atoms with Crippen molar-refractivity contribution in [2.75, 3.05) is 0 Å². The number of benzene rings is 3. The van der Waals surface area contributed by atoms with E-state index in [9.17, 15) is 8.42 Å². The first-order valence-corrected chi connectivity index (χ1v) is 10.3. The normalized spacial score (nSPS) is 11.8. The summed E-state index contributed by atoms with van der Waals surface area (Å²) in [4.78, 5) is 4.51. The van der Waals surface area contributed by atoms with Crippen molar-refractivity contribution in [2.45, 2.75) is 24.8 Å². The van der Waals surface area contributed by atoms with Crippen LogP contribution >= 0.6 is 0 Å². The van der Waals surface area contributed by atoms with Gasteiger partial charge in [0.15, 0.2) is 5.82 Å². The van der Waals surface area contributed by atoms with E-state index in [2.05, 4.69) is 10.1 Å². The summed E-state index contributed by atoms with van der Waals surface area (Å²) in [5.41, 5.74) is 0.636. The first-order valence-electron chi connectivity index (χ1n) is 8.89. The van der Waals surface area contributed by atoms with Crippen LogP contribution in [0.2, 0.25) is 0 Å². The quantitative estimate of drug-likeness (QED) is 0.510. The van der Waals surface area contributed by atoms with Crippen molar-refractivity contribution in [3.05, 3.63) is 72.8 Å². The smallest absolute Gasteiger partial charge is 0.337 e. The average Bonchev–Trinajstić information content (AvgIpc) is 3.12. The molecule has 0 aliphatic rings. The molecule has 6 nitrogen and oxygen atoms in total. The van der Waals surface area contributed by atoms with E-state index in [-0.39, 0.29) is 22.8 Å². The van der Waals surface area contributed by atoms with E-state index in [1.165, 1.54) is 0 Å². The minimum absolute atomic E-state index is 0.0256. The Morgan fingerprint density at radius 1 is 0.893 bits per heavy atom. The van der Waals surface area contributed by atoms with Crippen molar-refractivity contribution in [2.24, 2.45) is 0 Å². The van der Waals surface area contributed by atoms with Gasteiger partial charge in [-0.3, -0.25) is 0 Å². The third kappa shape index (κ3) is 3.25. The zero-order chi connectivity index (χ0) is 19.7. The molecule has 0 radical (unpaired) electrons. The van der Waals surface area contributed by atoms with Crippen molar-refractivity contribution in [1.29, 1.82) is 0 Å². The van der Waals surface area contributed by atoms with Gasteiger partial charge in [0.2, 0.25) is 0 Å². The van der Waals surface area contributed by atoms with E-state index >= 15 is 0 Å². The molecule has 0 bridgehead atoms. The molecule has 3 aromatic carbocycles. The van der Waals surface area contributed by atoms with Gasteiger partial charge < -0.3 is 4.74 Å². The number of rotatable bonds is 5. The summed E-state index contributed by atoms with van der Waals surface area (Å²) in [5, 5.41) is 5.64. The monoisotopic (exact) mass is 393 g/mol. The maximum atomic E-state index is 13.5. The Labute approximate surface area is 163 Å². The Hall–Kier alpha value is -3.19. The highest BCUT2D eigenvalue weighted by molar-refractivity contribution is 7.90. The van der Waals surface area contributed by atoms with E-state index in [1.54, 1.807) is 30.3 Å². The zero-order valence-corrected chi connectivity index (χ0v) is 16.3. The summed E-state index contributed by atoms with van der Waals surface area (Å²) in [6, 6.07) is 21.6. The van der Waals surface area contributed by atoms with Crippen molar-refractivity contribution < 1.29 is 13.2 Å². The average molecular weight is 393 g/mol. The second-order valence-electron chi connectivity index (χ2n) is 6.58. The number of fused-ring (bicyclic) bond motifs is 1. The van der Waals surface area contributed by atoms with E-state index < -0.39 is 10.0 Å². The zero-order valence-electron chi connectivity index (χ0n) is 15.5. The molecular formula is C21H19N3O3S. The van der Waals surface area contributed by atoms with Crippen LogP contribution in [0.4, 0.5) is 0 Å². The van der Waals surface area contributed by atoms with Crippen LogP contribution in [-0.4, -0.2) is 28.7 Å². The predicted molar refractivity (Wildman–Crippen MR) is 108 cm³/mol. The van der Waals surface area contributed by atoms with Crippen molar-refractivity contribution >= 4 is 20.8 Å². The first-order chi connectivity index (χ1) is 13.5. The van der Waals surface area contributed by atoms with Gasteiger partial charge in [-0.25, -0.2) is 0 Å². The Balaban J connectivity index is 1.95. The fraction of sp³-hybridized carbons (Fsp3) is 0.143. The molecule has 0 aliphatic carbocycles. The van der Waals surface area contributed by atoms with E-state index in [4.69, 9.17) is 4.74 Å². The van der Waals surface area contributed by atoms with Crippen LogP contribution in [0, 0.1) is 0 Å². The summed E-state index contributed by atoms with van der Waals surface area (Å²) in [6.45, 7) is 3.67. The predicted octanol–water partition coefficient (Wildman–Crippen LogP) is 4.12. The highest BCUT2D eigenvalue weighted by atomic mass is 32.2. The molecule has 0 unspecified atom stereocenters. The SMILES string of the molecule is CC(C)Oc1nc(-c2ccccc2)n(S(=O)(=O)c2cccc3ccccc23)n1.